The van der Waals surface area contributed by atoms with E-state index in [0.29, 0.717) is 5.69 Å². The monoisotopic (exact) mass is 286 g/mol. The van der Waals surface area contributed by atoms with Crippen LogP contribution in [0.3, 0.4) is 0 Å². The van der Waals surface area contributed by atoms with E-state index in [1.807, 2.05) is 6.92 Å². The van der Waals surface area contributed by atoms with Crippen molar-refractivity contribution in [2.45, 2.75) is 26.2 Å². The third-order valence-corrected chi connectivity index (χ3v) is 4.60. The Morgan fingerprint density at radius 3 is 2.67 bits per heavy atom. The molecule has 5 nitrogen and oxygen atoms in total. The Morgan fingerprint density at radius 2 is 2.00 bits per heavy atom. The lowest BCUT2D eigenvalue weighted by molar-refractivity contribution is -0.255. The van der Waals surface area contributed by atoms with E-state index >= 15 is 0 Å². The first kappa shape index (κ1) is 13.8. The van der Waals surface area contributed by atoms with Crippen LogP contribution in [0.5, 0.6) is 0 Å². The molecule has 0 bridgehead atoms. The fraction of sp³-hybridized carbons (Fsp3) is 0.438. The molecule has 2 aliphatic rings. The van der Waals surface area contributed by atoms with Crippen LogP contribution in [0.4, 0.5) is 5.69 Å². The minimum absolute atomic E-state index is 0.0315. The zero-order valence-electron chi connectivity index (χ0n) is 11.7. The summed E-state index contributed by atoms with van der Waals surface area (Å²) in [6, 6.07) is 5.82. The molecule has 1 saturated carbocycles. The fourth-order valence-corrected chi connectivity index (χ4v) is 3.56. The van der Waals surface area contributed by atoms with Crippen LogP contribution in [0.15, 0.2) is 24.3 Å². The Morgan fingerprint density at radius 1 is 1.24 bits per heavy atom. The van der Waals surface area contributed by atoms with Crippen molar-refractivity contribution in [3.63, 3.8) is 0 Å². The Hall–Kier alpha value is -2.17. The predicted molar refractivity (Wildman–Crippen MR) is 73.3 cm³/mol. The number of anilines is 1. The zero-order chi connectivity index (χ0) is 15.1. The molecule has 0 aromatic heterocycles. The van der Waals surface area contributed by atoms with Gasteiger partial charge in [0.05, 0.1) is 23.5 Å². The summed E-state index contributed by atoms with van der Waals surface area (Å²) >= 11 is 0. The number of rotatable bonds is 2. The summed E-state index contributed by atoms with van der Waals surface area (Å²) in [5.74, 6) is -2.05. The molecule has 3 atom stereocenters. The van der Waals surface area contributed by atoms with Crippen LogP contribution in [0.25, 0.3) is 0 Å². The molecular formula is C16H16NO4-. The number of benzene rings is 1. The number of carbonyl (C=O) groups excluding carboxylic acids is 3. The molecule has 0 unspecified atom stereocenters. The SMILES string of the molecule is C[C@@H]1CCC[C@@H]2C(=O)N(c3cccc(C(=O)[O-])c3)C(=O)[C@H]12. The van der Waals surface area contributed by atoms with Crippen LogP contribution in [0.1, 0.15) is 36.5 Å². The maximum atomic E-state index is 12.6. The minimum Gasteiger partial charge on any atom is -0.545 e. The number of carboxylic acid groups (broad SMARTS) is 1. The highest BCUT2D eigenvalue weighted by Gasteiger charge is 2.51. The van der Waals surface area contributed by atoms with Crippen molar-refractivity contribution in [2.75, 3.05) is 4.90 Å². The van der Waals surface area contributed by atoms with Crippen LogP contribution >= 0.6 is 0 Å². The lowest BCUT2D eigenvalue weighted by atomic mass is 9.74. The molecule has 1 heterocycles. The second-order valence-corrected chi connectivity index (χ2v) is 5.89. The van der Waals surface area contributed by atoms with Crippen molar-refractivity contribution in [3.05, 3.63) is 29.8 Å². The maximum Gasteiger partial charge on any atom is 0.237 e. The zero-order valence-corrected chi connectivity index (χ0v) is 11.7. The van der Waals surface area contributed by atoms with Gasteiger partial charge in [0.1, 0.15) is 0 Å². The normalized spacial score (nSPS) is 28.6. The number of hydrogen-bond acceptors (Lipinski definition) is 4. The van der Waals surface area contributed by atoms with Crippen LogP contribution in [-0.4, -0.2) is 17.8 Å². The van der Waals surface area contributed by atoms with Crippen molar-refractivity contribution in [1.29, 1.82) is 0 Å². The lowest BCUT2D eigenvalue weighted by Crippen LogP contribution is -2.32. The number of aromatic carboxylic acids is 1. The minimum atomic E-state index is -1.32. The van der Waals surface area contributed by atoms with E-state index in [2.05, 4.69) is 0 Å². The molecule has 1 aromatic rings. The van der Waals surface area contributed by atoms with E-state index in [4.69, 9.17) is 0 Å². The summed E-state index contributed by atoms with van der Waals surface area (Å²) in [6.45, 7) is 2.00. The van der Waals surface area contributed by atoms with Crippen molar-refractivity contribution in [2.24, 2.45) is 17.8 Å². The summed E-state index contributed by atoms with van der Waals surface area (Å²) in [5.41, 5.74) is 0.296. The summed E-state index contributed by atoms with van der Waals surface area (Å²) in [7, 11) is 0. The van der Waals surface area contributed by atoms with E-state index in [-0.39, 0.29) is 35.1 Å². The van der Waals surface area contributed by atoms with Crippen molar-refractivity contribution < 1.29 is 19.5 Å². The van der Waals surface area contributed by atoms with Gasteiger partial charge in [0.15, 0.2) is 0 Å². The van der Waals surface area contributed by atoms with Gasteiger partial charge in [-0.2, -0.15) is 0 Å². The van der Waals surface area contributed by atoms with Gasteiger partial charge >= 0.3 is 0 Å². The van der Waals surface area contributed by atoms with E-state index in [1.54, 1.807) is 6.07 Å². The number of hydrogen-bond donors (Lipinski definition) is 0. The van der Waals surface area contributed by atoms with Crippen LogP contribution < -0.4 is 10.0 Å². The smallest absolute Gasteiger partial charge is 0.237 e. The van der Waals surface area contributed by atoms with Crippen LogP contribution in [0.2, 0.25) is 0 Å². The van der Waals surface area contributed by atoms with Crippen molar-refractivity contribution in [1.82, 2.24) is 0 Å². The molecule has 1 aliphatic heterocycles. The van der Waals surface area contributed by atoms with Gasteiger partial charge in [-0.05, 0) is 36.5 Å². The van der Waals surface area contributed by atoms with Gasteiger partial charge in [-0.1, -0.05) is 25.5 Å². The number of carboxylic acids is 1. The Labute approximate surface area is 122 Å². The fourth-order valence-electron chi connectivity index (χ4n) is 3.56. The third-order valence-electron chi connectivity index (χ3n) is 4.60. The molecule has 3 rings (SSSR count). The largest absolute Gasteiger partial charge is 0.545 e. The standard InChI is InChI=1S/C16H17NO4/c1-9-4-2-7-12-13(9)15(19)17(14(12)18)11-6-3-5-10(8-11)16(20)21/h3,5-6,8-9,12-13H,2,4,7H2,1H3,(H,20,21)/p-1/t9-,12+,13-/m1/s1. The molecular weight excluding hydrogens is 270 g/mol. The first-order chi connectivity index (χ1) is 10.0. The molecule has 21 heavy (non-hydrogen) atoms. The molecule has 2 fully saturated rings. The second-order valence-electron chi connectivity index (χ2n) is 5.89. The summed E-state index contributed by atoms with van der Waals surface area (Å²) in [6.07, 6.45) is 2.64. The van der Waals surface area contributed by atoms with Gasteiger partial charge in [-0.25, -0.2) is 0 Å². The first-order valence-corrected chi connectivity index (χ1v) is 7.20. The average molecular weight is 286 g/mol. The number of imide groups is 1. The Kier molecular flexibility index (Phi) is 3.27. The first-order valence-electron chi connectivity index (χ1n) is 7.20. The van der Waals surface area contributed by atoms with Gasteiger partial charge in [0.2, 0.25) is 11.8 Å². The lowest BCUT2D eigenvalue weighted by Gasteiger charge is -2.27. The third kappa shape index (κ3) is 2.13. The Balaban J connectivity index is 1.99. The molecule has 110 valence electrons. The van der Waals surface area contributed by atoms with Gasteiger partial charge < -0.3 is 9.90 Å². The van der Waals surface area contributed by atoms with E-state index < -0.39 is 5.97 Å². The molecule has 1 aliphatic carbocycles. The van der Waals surface area contributed by atoms with Gasteiger partial charge in [0, 0.05) is 0 Å². The van der Waals surface area contributed by atoms with E-state index in [1.165, 1.54) is 18.2 Å². The molecule has 0 spiro atoms. The second kappa shape index (κ2) is 4.98. The van der Waals surface area contributed by atoms with Gasteiger partial charge in [-0.15, -0.1) is 0 Å². The average Bonchev–Trinajstić information content (AvgIpc) is 2.72. The molecule has 5 heteroatoms. The summed E-state index contributed by atoms with van der Waals surface area (Å²) in [4.78, 5) is 37.2. The summed E-state index contributed by atoms with van der Waals surface area (Å²) in [5, 5.41) is 10.9. The number of carbonyl (C=O) groups is 3. The maximum absolute atomic E-state index is 12.6. The van der Waals surface area contributed by atoms with E-state index in [0.717, 1.165) is 24.2 Å². The molecule has 0 radical (unpaired) electrons. The van der Waals surface area contributed by atoms with Crippen molar-refractivity contribution >= 4 is 23.5 Å². The number of fused-ring (bicyclic) bond motifs is 1. The highest BCUT2D eigenvalue weighted by atomic mass is 16.4. The van der Waals surface area contributed by atoms with Gasteiger partial charge in [-0.3, -0.25) is 14.5 Å². The van der Waals surface area contributed by atoms with E-state index in [9.17, 15) is 19.5 Å². The predicted octanol–water partition coefficient (Wildman–Crippen LogP) is 0.976. The molecule has 1 aromatic carbocycles. The topological polar surface area (TPSA) is 77.5 Å². The quantitative estimate of drug-likeness (QED) is 0.759. The van der Waals surface area contributed by atoms with Gasteiger partial charge in [0.25, 0.3) is 0 Å². The van der Waals surface area contributed by atoms with Crippen LogP contribution in [0, 0.1) is 17.8 Å². The molecule has 0 N–H and O–H groups in total. The highest BCUT2D eigenvalue weighted by Crippen LogP contribution is 2.43. The number of amides is 2. The number of nitrogens with zero attached hydrogens (tertiary/aromatic N) is 1. The van der Waals surface area contributed by atoms with Crippen LogP contribution in [-0.2, 0) is 9.59 Å². The van der Waals surface area contributed by atoms with Crippen molar-refractivity contribution in [3.8, 4) is 0 Å². The molecule has 2 amide bonds. The Bertz CT molecular complexity index is 624. The summed E-state index contributed by atoms with van der Waals surface area (Å²) < 4.78 is 0. The highest BCUT2D eigenvalue weighted by molar-refractivity contribution is 6.22. The molecule has 1 saturated heterocycles.